The van der Waals surface area contributed by atoms with Crippen molar-refractivity contribution in [3.63, 3.8) is 0 Å². The fourth-order valence-electron chi connectivity index (χ4n) is 3.79. The van der Waals surface area contributed by atoms with Gasteiger partial charge in [0.15, 0.2) is 11.6 Å². The maximum Gasteiger partial charge on any atom is 0.258 e. The summed E-state index contributed by atoms with van der Waals surface area (Å²) in [6, 6.07) is 7.82. The number of para-hydroxylation sites is 1. The van der Waals surface area contributed by atoms with Gasteiger partial charge in [-0.05, 0) is 38.0 Å². The summed E-state index contributed by atoms with van der Waals surface area (Å²) < 4.78 is 25.9. The fraction of sp³-hybridized carbons (Fsp3) is 0.318. The number of nitrogens with zero attached hydrogens (tertiary/aromatic N) is 6. The highest BCUT2D eigenvalue weighted by Gasteiger charge is 2.33. The quantitative estimate of drug-likeness (QED) is 0.605. The Morgan fingerprint density at radius 3 is 2.72 bits per heavy atom. The van der Waals surface area contributed by atoms with Crippen molar-refractivity contribution in [2.24, 2.45) is 0 Å². The Balaban J connectivity index is 1.60. The van der Waals surface area contributed by atoms with E-state index in [-0.39, 0.29) is 47.5 Å². The molecule has 10 heteroatoms. The van der Waals surface area contributed by atoms with Crippen LogP contribution in [0.5, 0.6) is 11.6 Å². The van der Waals surface area contributed by atoms with Crippen LogP contribution in [0.3, 0.4) is 0 Å². The molecule has 0 aliphatic carbocycles. The molecular formula is C22H21FN6O3. The second kappa shape index (κ2) is 9.01. The van der Waals surface area contributed by atoms with Gasteiger partial charge >= 0.3 is 0 Å². The van der Waals surface area contributed by atoms with E-state index in [1.807, 2.05) is 13.0 Å². The number of likely N-dealkylation sites (tertiary alicyclic amines) is 1. The number of piperidine rings is 1. The van der Waals surface area contributed by atoms with E-state index in [1.54, 1.807) is 17.0 Å². The lowest BCUT2D eigenvalue weighted by Gasteiger charge is -2.38. The van der Waals surface area contributed by atoms with Crippen LogP contribution in [0.25, 0.3) is 5.69 Å². The summed E-state index contributed by atoms with van der Waals surface area (Å²) in [7, 11) is 1.44. The normalized spacial score (nSPS) is 18.1. The number of aromatic nitrogens is 4. The van der Waals surface area contributed by atoms with Crippen molar-refractivity contribution in [1.82, 2.24) is 24.9 Å². The van der Waals surface area contributed by atoms with Crippen LogP contribution in [0.15, 0.2) is 42.9 Å². The molecule has 2 aromatic heterocycles. The SMILES string of the molecule is COc1c(C#N)ccnc1OC1CCC(C)N(C(=O)c2cccc(F)c2-n2nccn2)C1. The lowest BCUT2D eigenvalue weighted by molar-refractivity contribution is 0.0365. The molecule has 0 bridgehead atoms. The Hall–Kier alpha value is -4.00. The minimum absolute atomic E-state index is 0.00259. The van der Waals surface area contributed by atoms with E-state index in [0.29, 0.717) is 18.4 Å². The summed E-state index contributed by atoms with van der Waals surface area (Å²) in [6.07, 6.45) is 5.31. The summed E-state index contributed by atoms with van der Waals surface area (Å²) >= 11 is 0. The van der Waals surface area contributed by atoms with Gasteiger partial charge in [-0.15, -0.1) is 4.80 Å². The molecule has 1 aliphatic rings. The van der Waals surface area contributed by atoms with Crippen molar-refractivity contribution >= 4 is 5.91 Å². The van der Waals surface area contributed by atoms with E-state index in [1.165, 1.54) is 37.8 Å². The first-order chi connectivity index (χ1) is 15.5. The lowest BCUT2D eigenvalue weighted by atomic mass is 9.99. The lowest BCUT2D eigenvalue weighted by Crippen LogP contribution is -2.49. The van der Waals surface area contributed by atoms with Gasteiger partial charge in [0.05, 0.1) is 31.6 Å². The van der Waals surface area contributed by atoms with E-state index in [4.69, 9.17) is 9.47 Å². The molecule has 3 aromatic rings. The van der Waals surface area contributed by atoms with Crippen molar-refractivity contribution in [2.75, 3.05) is 13.7 Å². The first-order valence-corrected chi connectivity index (χ1v) is 10.1. The number of rotatable bonds is 5. The number of nitriles is 1. The van der Waals surface area contributed by atoms with E-state index in [0.717, 1.165) is 4.80 Å². The van der Waals surface area contributed by atoms with Gasteiger partial charge in [-0.2, -0.15) is 15.5 Å². The summed E-state index contributed by atoms with van der Waals surface area (Å²) in [5.41, 5.74) is 0.476. The Morgan fingerprint density at radius 1 is 1.22 bits per heavy atom. The molecule has 0 saturated carbocycles. The van der Waals surface area contributed by atoms with Gasteiger partial charge in [-0.25, -0.2) is 9.37 Å². The highest BCUT2D eigenvalue weighted by atomic mass is 19.1. The van der Waals surface area contributed by atoms with Gasteiger partial charge in [-0.1, -0.05) is 6.07 Å². The third-order valence-electron chi connectivity index (χ3n) is 5.41. The molecule has 0 spiro atoms. The number of ether oxygens (including phenoxy) is 2. The van der Waals surface area contributed by atoms with Crippen molar-refractivity contribution in [2.45, 2.75) is 31.9 Å². The average Bonchev–Trinajstić information content (AvgIpc) is 3.34. The van der Waals surface area contributed by atoms with Gasteiger partial charge in [0, 0.05) is 12.2 Å². The zero-order valence-electron chi connectivity index (χ0n) is 17.6. The Bertz CT molecular complexity index is 1160. The van der Waals surface area contributed by atoms with E-state index in [9.17, 15) is 14.4 Å². The summed E-state index contributed by atoms with van der Waals surface area (Å²) in [6.45, 7) is 2.21. The van der Waals surface area contributed by atoms with Crippen LogP contribution >= 0.6 is 0 Å². The smallest absolute Gasteiger partial charge is 0.258 e. The molecule has 1 aliphatic heterocycles. The number of benzene rings is 1. The zero-order chi connectivity index (χ0) is 22.7. The van der Waals surface area contributed by atoms with Gasteiger partial charge in [-0.3, -0.25) is 4.79 Å². The predicted molar refractivity (Wildman–Crippen MR) is 111 cm³/mol. The Labute approximate surface area is 184 Å². The average molecular weight is 436 g/mol. The number of hydrogen-bond donors (Lipinski definition) is 0. The van der Waals surface area contributed by atoms with Gasteiger partial charge in [0.25, 0.3) is 11.8 Å². The minimum Gasteiger partial charge on any atom is -0.490 e. The molecule has 0 radical (unpaired) electrons. The molecule has 2 atom stereocenters. The van der Waals surface area contributed by atoms with Gasteiger partial charge < -0.3 is 14.4 Å². The molecular weight excluding hydrogens is 415 g/mol. The van der Waals surface area contributed by atoms with Crippen LogP contribution in [0.2, 0.25) is 0 Å². The van der Waals surface area contributed by atoms with E-state index in [2.05, 4.69) is 15.2 Å². The Morgan fingerprint density at radius 2 is 2.00 bits per heavy atom. The van der Waals surface area contributed by atoms with Crippen LogP contribution in [-0.2, 0) is 0 Å². The second-order valence-corrected chi connectivity index (χ2v) is 7.39. The summed E-state index contributed by atoms with van der Waals surface area (Å²) in [5, 5.41) is 17.2. The summed E-state index contributed by atoms with van der Waals surface area (Å²) in [5.74, 6) is -0.482. The van der Waals surface area contributed by atoms with Crippen LogP contribution in [0, 0.1) is 17.1 Å². The number of carbonyl (C=O) groups excluding carboxylic acids is 1. The summed E-state index contributed by atoms with van der Waals surface area (Å²) in [4.78, 5) is 20.4. The zero-order valence-corrected chi connectivity index (χ0v) is 17.6. The maximum atomic E-state index is 14.6. The van der Waals surface area contributed by atoms with Gasteiger partial charge in [0.2, 0.25) is 0 Å². The number of pyridine rings is 1. The monoisotopic (exact) mass is 436 g/mol. The molecule has 4 rings (SSSR count). The first-order valence-electron chi connectivity index (χ1n) is 10.1. The molecule has 9 nitrogen and oxygen atoms in total. The highest BCUT2D eigenvalue weighted by Crippen LogP contribution is 2.31. The molecule has 1 saturated heterocycles. The second-order valence-electron chi connectivity index (χ2n) is 7.39. The number of methoxy groups -OCH3 is 1. The topological polar surface area (TPSA) is 106 Å². The molecule has 32 heavy (non-hydrogen) atoms. The fourth-order valence-corrected chi connectivity index (χ4v) is 3.79. The third kappa shape index (κ3) is 3.97. The number of hydrogen-bond acceptors (Lipinski definition) is 7. The number of amides is 1. The molecule has 2 unspecified atom stereocenters. The third-order valence-corrected chi connectivity index (χ3v) is 5.41. The van der Waals surface area contributed by atoms with Crippen molar-refractivity contribution in [3.8, 4) is 23.4 Å². The van der Waals surface area contributed by atoms with E-state index < -0.39 is 5.82 Å². The predicted octanol–water partition coefficient (Wildman–Crippen LogP) is 2.75. The molecule has 164 valence electrons. The molecule has 0 N–H and O–H groups in total. The molecule has 1 amide bonds. The molecule has 1 fully saturated rings. The van der Waals surface area contributed by atoms with Crippen molar-refractivity contribution < 1.29 is 18.7 Å². The Kier molecular flexibility index (Phi) is 5.98. The van der Waals surface area contributed by atoms with Crippen molar-refractivity contribution in [3.05, 3.63) is 59.8 Å². The van der Waals surface area contributed by atoms with Crippen LogP contribution < -0.4 is 9.47 Å². The number of carbonyl (C=O) groups is 1. The number of halogens is 1. The standard InChI is InChI=1S/C22H21FN6O3/c1-14-6-7-16(32-21-20(31-2)15(12-24)8-9-25-21)13-28(14)22(30)17-4-3-5-18(23)19(17)29-26-10-11-27-29/h3-5,8-11,14,16H,6-7,13H2,1-2H3. The highest BCUT2D eigenvalue weighted by molar-refractivity contribution is 5.98. The van der Waals surface area contributed by atoms with Crippen molar-refractivity contribution in [1.29, 1.82) is 5.26 Å². The van der Waals surface area contributed by atoms with Gasteiger partial charge in [0.1, 0.15) is 23.4 Å². The van der Waals surface area contributed by atoms with Crippen LogP contribution in [0.1, 0.15) is 35.7 Å². The minimum atomic E-state index is -0.591. The van der Waals surface area contributed by atoms with Crippen LogP contribution in [-0.4, -0.2) is 56.6 Å². The van der Waals surface area contributed by atoms with E-state index >= 15 is 0 Å². The molecule has 3 heterocycles. The van der Waals surface area contributed by atoms with Crippen LogP contribution in [0.4, 0.5) is 4.39 Å². The first kappa shape index (κ1) is 21.2. The largest absolute Gasteiger partial charge is 0.490 e. The maximum absolute atomic E-state index is 14.6. The molecule has 1 aromatic carbocycles.